The second kappa shape index (κ2) is 10.3. The van der Waals surface area contributed by atoms with Gasteiger partial charge in [0, 0.05) is 27.1 Å². The fraction of sp³-hybridized carbons (Fsp3) is 0.120. The molecule has 0 spiro atoms. The number of nitrogens with zero attached hydrogens (tertiary/aromatic N) is 2. The molecule has 178 valence electrons. The monoisotopic (exact) mass is 552 g/mol. The summed E-state index contributed by atoms with van der Waals surface area (Å²) in [5.41, 5.74) is 6.06. The number of anilines is 1. The van der Waals surface area contributed by atoms with Crippen molar-refractivity contribution in [3.05, 3.63) is 92.6 Å². The lowest BCUT2D eigenvalue weighted by molar-refractivity contribution is -0.127. The number of hydrogen-bond acceptors (Lipinski definition) is 5. The SMILES string of the molecule is Cc1cc(/C=C2\SC(=O)N(CC(=O)Nc3ccc(Br)cc3)C2=O)c(C)n1NC(=O)c1ccccc1. The third-order valence-electron chi connectivity index (χ3n) is 5.31. The van der Waals surface area contributed by atoms with E-state index in [1.165, 1.54) is 0 Å². The zero-order valence-electron chi connectivity index (χ0n) is 18.9. The Morgan fingerprint density at radius 3 is 2.40 bits per heavy atom. The molecule has 2 heterocycles. The van der Waals surface area contributed by atoms with Gasteiger partial charge in [-0.15, -0.1) is 0 Å². The number of imide groups is 1. The van der Waals surface area contributed by atoms with Crippen LogP contribution in [0, 0.1) is 13.8 Å². The molecule has 4 amide bonds. The van der Waals surface area contributed by atoms with Crippen LogP contribution in [-0.4, -0.2) is 39.1 Å². The van der Waals surface area contributed by atoms with E-state index >= 15 is 0 Å². The molecule has 2 aromatic carbocycles. The van der Waals surface area contributed by atoms with Crippen LogP contribution in [0.25, 0.3) is 6.08 Å². The van der Waals surface area contributed by atoms with Crippen LogP contribution < -0.4 is 10.7 Å². The van der Waals surface area contributed by atoms with Crippen molar-refractivity contribution in [2.24, 2.45) is 0 Å². The average Bonchev–Trinajstić information content (AvgIpc) is 3.25. The van der Waals surface area contributed by atoms with Crippen molar-refractivity contribution >= 4 is 62.4 Å². The lowest BCUT2D eigenvalue weighted by atomic mass is 10.2. The van der Waals surface area contributed by atoms with Gasteiger partial charge in [-0.1, -0.05) is 34.1 Å². The minimum Gasteiger partial charge on any atom is -0.325 e. The van der Waals surface area contributed by atoms with Gasteiger partial charge in [-0.05, 0) is 79.7 Å². The van der Waals surface area contributed by atoms with Crippen molar-refractivity contribution in [1.29, 1.82) is 0 Å². The summed E-state index contributed by atoms with van der Waals surface area (Å²) < 4.78 is 2.50. The molecule has 8 nitrogen and oxygen atoms in total. The first-order valence-corrected chi connectivity index (χ1v) is 12.2. The second-order valence-electron chi connectivity index (χ2n) is 7.79. The van der Waals surface area contributed by atoms with Crippen molar-refractivity contribution < 1.29 is 19.2 Å². The number of amides is 4. The molecule has 1 fully saturated rings. The number of carbonyl (C=O) groups is 4. The molecule has 0 aliphatic carbocycles. The van der Waals surface area contributed by atoms with Gasteiger partial charge in [0.05, 0.1) is 4.91 Å². The Labute approximate surface area is 214 Å². The number of aryl methyl sites for hydroxylation is 1. The zero-order valence-corrected chi connectivity index (χ0v) is 21.3. The average molecular weight is 553 g/mol. The molecule has 0 bridgehead atoms. The first kappa shape index (κ1) is 24.5. The molecular weight excluding hydrogens is 532 g/mol. The standard InChI is InChI=1S/C25H21BrN4O4S/c1-15-12-18(16(2)30(15)28-23(32)17-6-4-3-5-7-17)13-21-24(33)29(25(34)35-21)14-22(31)27-20-10-8-19(26)9-11-20/h3-13H,14H2,1-2H3,(H,27,31)(H,28,32)/b21-13-. The molecule has 1 aromatic heterocycles. The molecule has 3 aromatic rings. The number of halogens is 1. The molecule has 0 saturated carbocycles. The third kappa shape index (κ3) is 5.55. The van der Waals surface area contributed by atoms with Gasteiger partial charge < -0.3 is 5.32 Å². The van der Waals surface area contributed by atoms with Crippen LogP contribution in [0.15, 0.2) is 70.0 Å². The molecule has 1 aliphatic heterocycles. The van der Waals surface area contributed by atoms with E-state index in [4.69, 9.17) is 0 Å². The number of rotatable bonds is 6. The van der Waals surface area contributed by atoms with Crippen molar-refractivity contribution in [3.8, 4) is 0 Å². The van der Waals surface area contributed by atoms with Gasteiger partial charge in [0.25, 0.3) is 17.1 Å². The highest BCUT2D eigenvalue weighted by Gasteiger charge is 2.36. The summed E-state index contributed by atoms with van der Waals surface area (Å²) in [6, 6.07) is 17.6. The van der Waals surface area contributed by atoms with E-state index in [0.29, 0.717) is 22.5 Å². The molecule has 10 heteroatoms. The van der Waals surface area contributed by atoms with Gasteiger partial charge in [0.15, 0.2) is 0 Å². The van der Waals surface area contributed by atoms with Crippen LogP contribution in [0.3, 0.4) is 0 Å². The fourth-order valence-corrected chi connectivity index (χ4v) is 4.61. The van der Waals surface area contributed by atoms with Crippen molar-refractivity contribution in [3.63, 3.8) is 0 Å². The summed E-state index contributed by atoms with van der Waals surface area (Å²) in [6.07, 6.45) is 1.60. The number of benzene rings is 2. The molecule has 2 N–H and O–H groups in total. The molecule has 4 rings (SSSR count). The minimum absolute atomic E-state index is 0.209. The number of aromatic nitrogens is 1. The molecule has 0 unspecified atom stereocenters. The Kier molecular flexibility index (Phi) is 7.23. The first-order valence-electron chi connectivity index (χ1n) is 10.6. The van der Waals surface area contributed by atoms with E-state index in [1.807, 2.05) is 19.1 Å². The van der Waals surface area contributed by atoms with Gasteiger partial charge in [-0.3, -0.25) is 34.2 Å². The Bertz CT molecular complexity index is 1350. The molecule has 0 atom stereocenters. The van der Waals surface area contributed by atoms with E-state index in [1.54, 1.807) is 66.2 Å². The maximum absolute atomic E-state index is 12.9. The first-order chi connectivity index (χ1) is 16.7. The van der Waals surface area contributed by atoms with Crippen LogP contribution in [0.5, 0.6) is 0 Å². The Balaban J connectivity index is 1.47. The van der Waals surface area contributed by atoms with Crippen LogP contribution >= 0.6 is 27.7 Å². The topological polar surface area (TPSA) is 101 Å². The van der Waals surface area contributed by atoms with Crippen LogP contribution in [0.2, 0.25) is 0 Å². The minimum atomic E-state index is -0.538. The van der Waals surface area contributed by atoms with Crippen LogP contribution in [0.4, 0.5) is 10.5 Å². The van der Waals surface area contributed by atoms with Gasteiger partial charge in [-0.25, -0.2) is 0 Å². The van der Waals surface area contributed by atoms with E-state index in [0.717, 1.165) is 26.8 Å². The van der Waals surface area contributed by atoms with Crippen LogP contribution in [-0.2, 0) is 9.59 Å². The van der Waals surface area contributed by atoms with Crippen molar-refractivity contribution in [1.82, 2.24) is 9.58 Å². The zero-order chi connectivity index (χ0) is 25.1. The molecule has 1 saturated heterocycles. The van der Waals surface area contributed by atoms with Crippen LogP contribution in [0.1, 0.15) is 27.3 Å². The van der Waals surface area contributed by atoms with E-state index in [-0.39, 0.29) is 17.4 Å². The highest BCUT2D eigenvalue weighted by atomic mass is 79.9. The predicted octanol–water partition coefficient (Wildman–Crippen LogP) is 4.93. The van der Waals surface area contributed by atoms with E-state index in [2.05, 4.69) is 26.7 Å². The van der Waals surface area contributed by atoms with E-state index < -0.39 is 17.1 Å². The van der Waals surface area contributed by atoms with Gasteiger partial charge in [-0.2, -0.15) is 0 Å². The second-order valence-corrected chi connectivity index (χ2v) is 9.70. The summed E-state index contributed by atoms with van der Waals surface area (Å²) >= 11 is 4.10. The van der Waals surface area contributed by atoms with Gasteiger partial charge in [0.2, 0.25) is 5.91 Å². The van der Waals surface area contributed by atoms with Crippen molar-refractivity contribution in [2.45, 2.75) is 13.8 Å². The summed E-state index contributed by atoms with van der Waals surface area (Å²) in [6.45, 7) is 3.25. The quantitative estimate of drug-likeness (QED) is 0.422. The number of thioether (sulfide) groups is 1. The highest BCUT2D eigenvalue weighted by molar-refractivity contribution is 9.10. The van der Waals surface area contributed by atoms with Gasteiger partial charge >= 0.3 is 0 Å². The molecule has 35 heavy (non-hydrogen) atoms. The lowest BCUT2D eigenvalue weighted by Crippen LogP contribution is -2.36. The summed E-state index contributed by atoms with van der Waals surface area (Å²) in [4.78, 5) is 51.4. The number of carbonyl (C=O) groups excluding carboxylic acids is 4. The largest absolute Gasteiger partial charge is 0.325 e. The number of nitrogens with one attached hydrogen (secondary N) is 2. The third-order valence-corrected chi connectivity index (χ3v) is 6.75. The Hall–Kier alpha value is -3.63. The maximum Gasteiger partial charge on any atom is 0.294 e. The van der Waals surface area contributed by atoms with E-state index in [9.17, 15) is 19.2 Å². The summed E-state index contributed by atoms with van der Waals surface area (Å²) in [5, 5.41) is 2.16. The normalized spacial score (nSPS) is 14.5. The summed E-state index contributed by atoms with van der Waals surface area (Å²) in [5.74, 6) is -1.28. The Morgan fingerprint density at radius 1 is 1.03 bits per heavy atom. The van der Waals surface area contributed by atoms with Gasteiger partial charge in [0.1, 0.15) is 6.54 Å². The maximum atomic E-state index is 12.9. The number of hydrogen-bond donors (Lipinski definition) is 2. The fourth-order valence-electron chi connectivity index (χ4n) is 3.52. The predicted molar refractivity (Wildman–Crippen MR) is 139 cm³/mol. The Morgan fingerprint density at radius 2 is 1.71 bits per heavy atom. The molecule has 1 aliphatic rings. The lowest BCUT2D eigenvalue weighted by Gasteiger charge is -2.12. The summed E-state index contributed by atoms with van der Waals surface area (Å²) in [7, 11) is 0. The molecular formula is C25H21BrN4O4S. The molecule has 0 radical (unpaired) electrons. The highest BCUT2D eigenvalue weighted by Crippen LogP contribution is 2.33. The smallest absolute Gasteiger partial charge is 0.294 e. The van der Waals surface area contributed by atoms with Crippen molar-refractivity contribution in [2.75, 3.05) is 17.3 Å².